The van der Waals surface area contributed by atoms with E-state index in [2.05, 4.69) is 0 Å². The van der Waals surface area contributed by atoms with E-state index in [1.807, 2.05) is 0 Å². The molecule has 80 valence electrons. The third-order valence-corrected chi connectivity index (χ3v) is 2.02. The van der Waals surface area contributed by atoms with Crippen LogP contribution < -0.4 is 4.74 Å². The van der Waals surface area contributed by atoms with Crippen LogP contribution in [0.2, 0.25) is 0 Å². The Morgan fingerprint density at radius 3 is 2.53 bits per heavy atom. The average Bonchev–Trinajstić information content (AvgIpc) is 2.27. The molecule has 0 heterocycles. The Morgan fingerprint density at radius 1 is 1.40 bits per heavy atom. The largest absolute Gasteiger partial charge is 0.497 e. The van der Waals surface area contributed by atoms with Crippen molar-refractivity contribution in [2.75, 3.05) is 21.2 Å². The summed E-state index contributed by atoms with van der Waals surface area (Å²) in [5, 5.41) is 0. The van der Waals surface area contributed by atoms with Gasteiger partial charge in [-0.05, 0) is 18.2 Å². The van der Waals surface area contributed by atoms with Crippen molar-refractivity contribution in [3.05, 3.63) is 29.3 Å². The quantitative estimate of drug-likeness (QED) is 0.700. The van der Waals surface area contributed by atoms with Crippen LogP contribution in [0.4, 0.5) is 0 Å². The smallest absolute Gasteiger partial charge is 0.254 e. The Kier molecular flexibility index (Phi) is 3.44. The molecule has 0 fully saturated rings. The summed E-state index contributed by atoms with van der Waals surface area (Å²) in [4.78, 5) is 23.9. The number of hydrogen-bond acceptors (Lipinski definition) is 3. The van der Waals surface area contributed by atoms with Gasteiger partial charge >= 0.3 is 0 Å². The molecule has 4 heteroatoms. The minimum Gasteiger partial charge on any atom is -0.497 e. The molecule has 1 amide bonds. The molecule has 1 aromatic rings. The highest BCUT2D eigenvalue weighted by molar-refractivity contribution is 6.01. The van der Waals surface area contributed by atoms with Gasteiger partial charge in [-0.25, -0.2) is 0 Å². The number of hydrogen-bond donors (Lipinski definition) is 0. The molecule has 1 rings (SSSR count). The molecule has 0 saturated heterocycles. The van der Waals surface area contributed by atoms with E-state index in [0.717, 1.165) is 0 Å². The Labute approximate surface area is 88.5 Å². The van der Waals surface area contributed by atoms with Gasteiger partial charge in [0, 0.05) is 19.7 Å². The highest BCUT2D eigenvalue weighted by atomic mass is 16.5. The zero-order valence-corrected chi connectivity index (χ0v) is 8.98. The van der Waals surface area contributed by atoms with E-state index in [1.165, 1.54) is 12.0 Å². The molecule has 1 aromatic carbocycles. The summed E-state index contributed by atoms with van der Waals surface area (Å²) in [5.74, 6) is 0.368. The molecule has 0 spiro atoms. The Hall–Kier alpha value is -1.84. The van der Waals surface area contributed by atoms with Crippen molar-refractivity contribution < 1.29 is 14.3 Å². The maximum atomic E-state index is 11.7. The monoisotopic (exact) mass is 207 g/mol. The molecule has 0 aromatic heterocycles. The van der Waals surface area contributed by atoms with Crippen molar-refractivity contribution in [1.82, 2.24) is 4.90 Å². The molecule has 0 bridgehead atoms. The predicted octanol–water partition coefficient (Wildman–Crippen LogP) is 1.21. The molecule has 0 aliphatic heterocycles. The van der Waals surface area contributed by atoms with Gasteiger partial charge in [0.2, 0.25) is 0 Å². The van der Waals surface area contributed by atoms with Crippen molar-refractivity contribution in [3.8, 4) is 5.75 Å². The normalized spacial score (nSPS) is 9.53. The first-order valence-electron chi connectivity index (χ1n) is 4.45. The maximum Gasteiger partial charge on any atom is 0.254 e. The summed E-state index contributed by atoms with van der Waals surface area (Å²) in [7, 11) is 4.79. The second kappa shape index (κ2) is 4.59. The number of ether oxygens (including phenoxy) is 1. The van der Waals surface area contributed by atoms with Crippen molar-refractivity contribution >= 4 is 12.2 Å². The summed E-state index contributed by atoms with van der Waals surface area (Å²) in [6, 6.07) is 4.79. The van der Waals surface area contributed by atoms with E-state index in [9.17, 15) is 9.59 Å². The summed E-state index contributed by atoms with van der Waals surface area (Å²) in [6.07, 6.45) is 0.652. The van der Waals surface area contributed by atoms with Crippen LogP contribution in [0, 0.1) is 0 Å². The molecule has 0 unspecified atom stereocenters. The van der Waals surface area contributed by atoms with E-state index in [4.69, 9.17) is 4.74 Å². The Bertz CT molecular complexity index is 385. The third kappa shape index (κ3) is 2.34. The number of carbonyl (C=O) groups is 2. The topological polar surface area (TPSA) is 46.6 Å². The van der Waals surface area contributed by atoms with Gasteiger partial charge in [0.1, 0.15) is 5.75 Å². The van der Waals surface area contributed by atoms with Gasteiger partial charge in [0.05, 0.1) is 12.7 Å². The zero-order chi connectivity index (χ0) is 11.4. The summed E-state index contributed by atoms with van der Waals surface area (Å²) < 4.78 is 4.97. The second-order valence-electron chi connectivity index (χ2n) is 3.27. The van der Waals surface area contributed by atoms with E-state index in [0.29, 0.717) is 23.2 Å². The predicted molar refractivity (Wildman–Crippen MR) is 56.4 cm³/mol. The molecular weight excluding hydrogens is 194 g/mol. The molecule has 0 aliphatic carbocycles. The highest BCUT2D eigenvalue weighted by Crippen LogP contribution is 2.17. The van der Waals surface area contributed by atoms with Crippen molar-refractivity contribution in [1.29, 1.82) is 0 Å². The minimum atomic E-state index is -0.195. The van der Waals surface area contributed by atoms with Crippen LogP contribution in [0.5, 0.6) is 5.75 Å². The molecule has 0 saturated carbocycles. The van der Waals surface area contributed by atoms with Crippen molar-refractivity contribution in [2.45, 2.75) is 0 Å². The molecule has 0 N–H and O–H groups in total. The fourth-order valence-electron chi connectivity index (χ4n) is 1.20. The lowest BCUT2D eigenvalue weighted by Gasteiger charge is -2.12. The minimum absolute atomic E-state index is 0.195. The van der Waals surface area contributed by atoms with Crippen LogP contribution >= 0.6 is 0 Å². The number of benzene rings is 1. The molecule has 0 radical (unpaired) electrons. The lowest BCUT2D eigenvalue weighted by Crippen LogP contribution is -2.22. The molecule has 4 nitrogen and oxygen atoms in total. The van der Waals surface area contributed by atoms with E-state index in [1.54, 1.807) is 32.3 Å². The summed E-state index contributed by atoms with van der Waals surface area (Å²) >= 11 is 0. The number of nitrogens with zero attached hydrogens (tertiary/aromatic N) is 1. The van der Waals surface area contributed by atoms with Crippen LogP contribution in [0.1, 0.15) is 20.7 Å². The average molecular weight is 207 g/mol. The van der Waals surface area contributed by atoms with E-state index in [-0.39, 0.29) is 5.91 Å². The fraction of sp³-hybridized carbons (Fsp3) is 0.273. The number of rotatable bonds is 3. The standard InChI is InChI=1S/C11H13NO3/c1-12(2)11(14)10-5-4-9(15-3)6-8(10)7-13/h4-7H,1-3H3. The maximum absolute atomic E-state index is 11.7. The zero-order valence-electron chi connectivity index (χ0n) is 8.98. The van der Waals surface area contributed by atoms with Crippen molar-refractivity contribution in [2.24, 2.45) is 0 Å². The number of amides is 1. The number of aldehydes is 1. The van der Waals surface area contributed by atoms with E-state index >= 15 is 0 Å². The van der Waals surface area contributed by atoms with Gasteiger partial charge in [-0.2, -0.15) is 0 Å². The van der Waals surface area contributed by atoms with Gasteiger partial charge in [-0.3, -0.25) is 9.59 Å². The first-order valence-corrected chi connectivity index (χ1v) is 4.45. The summed E-state index contributed by atoms with van der Waals surface area (Å²) in [5.41, 5.74) is 0.726. The number of carbonyl (C=O) groups excluding carboxylic acids is 2. The van der Waals surface area contributed by atoms with E-state index < -0.39 is 0 Å². The molecule has 15 heavy (non-hydrogen) atoms. The lowest BCUT2D eigenvalue weighted by molar-refractivity contribution is 0.0824. The first-order chi connectivity index (χ1) is 7.10. The Morgan fingerprint density at radius 2 is 2.07 bits per heavy atom. The van der Waals surface area contributed by atoms with Crippen LogP contribution in [-0.4, -0.2) is 38.3 Å². The van der Waals surface area contributed by atoms with Gasteiger partial charge in [0.15, 0.2) is 6.29 Å². The fourth-order valence-corrected chi connectivity index (χ4v) is 1.20. The third-order valence-electron chi connectivity index (χ3n) is 2.02. The van der Waals surface area contributed by atoms with Gasteiger partial charge in [0.25, 0.3) is 5.91 Å². The number of methoxy groups -OCH3 is 1. The molecule has 0 atom stereocenters. The SMILES string of the molecule is COc1ccc(C(=O)N(C)C)c(C=O)c1. The van der Waals surface area contributed by atoms with Crippen LogP contribution in [-0.2, 0) is 0 Å². The van der Waals surface area contributed by atoms with Crippen molar-refractivity contribution in [3.63, 3.8) is 0 Å². The summed E-state index contributed by atoms with van der Waals surface area (Å²) in [6.45, 7) is 0. The van der Waals surface area contributed by atoms with Crippen LogP contribution in [0.3, 0.4) is 0 Å². The first kappa shape index (κ1) is 11.2. The highest BCUT2D eigenvalue weighted by Gasteiger charge is 2.13. The van der Waals surface area contributed by atoms with Gasteiger partial charge in [-0.15, -0.1) is 0 Å². The van der Waals surface area contributed by atoms with Crippen LogP contribution in [0.15, 0.2) is 18.2 Å². The molecular formula is C11H13NO3. The molecule has 0 aliphatic rings. The van der Waals surface area contributed by atoms with Gasteiger partial charge < -0.3 is 9.64 Å². The van der Waals surface area contributed by atoms with Crippen LogP contribution in [0.25, 0.3) is 0 Å². The lowest BCUT2D eigenvalue weighted by atomic mass is 10.1. The Balaban J connectivity index is 3.19. The second-order valence-corrected chi connectivity index (χ2v) is 3.27. The van der Waals surface area contributed by atoms with Gasteiger partial charge in [-0.1, -0.05) is 0 Å².